The fourth-order valence-corrected chi connectivity index (χ4v) is 2.21. The van der Waals surface area contributed by atoms with E-state index in [0.717, 1.165) is 35.7 Å². The van der Waals surface area contributed by atoms with Gasteiger partial charge in [-0.3, -0.25) is 0 Å². The molecule has 1 aromatic heterocycles. The zero-order valence-electron chi connectivity index (χ0n) is 12.4. The van der Waals surface area contributed by atoms with Crippen molar-refractivity contribution >= 4 is 17.3 Å². The van der Waals surface area contributed by atoms with E-state index in [-0.39, 0.29) is 5.92 Å². The smallest absolute Gasteiger partial charge is 0.131 e. The van der Waals surface area contributed by atoms with Crippen molar-refractivity contribution in [2.75, 3.05) is 18.4 Å². The minimum atomic E-state index is 0.268. The highest BCUT2D eigenvalue weighted by atomic mass is 35.5. The molecule has 112 valence electrons. The van der Waals surface area contributed by atoms with Gasteiger partial charge in [-0.1, -0.05) is 43.6 Å². The maximum Gasteiger partial charge on any atom is 0.131 e. The molecular formula is C16H21ClN4. The summed E-state index contributed by atoms with van der Waals surface area (Å²) < 4.78 is 0. The van der Waals surface area contributed by atoms with Crippen LogP contribution in [0.1, 0.15) is 32.0 Å². The number of benzene rings is 1. The van der Waals surface area contributed by atoms with Crippen LogP contribution in [0.4, 0.5) is 5.69 Å². The molecular weight excluding hydrogens is 284 g/mol. The molecule has 0 amide bonds. The number of halogens is 1. The monoisotopic (exact) mass is 304 g/mol. The molecule has 0 aliphatic heterocycles. The third kappa shape index (κ3) is 3.93. The van der Waals surface area contributed by atoms with Gasteiger partial charge in [0.2, 0.25) is 0 Å². The van der Waals surface area contributed by atoms with Crippen molar-refractivity contribution in [1.82, 2.24) is 9.97 Å². The van der Waals surface area contributed by atoms with Gasteiger partial charge in [0.1, 0.15) is 5.82 Å². The molecule has 0 unspecified atom stereocenters. The first-order valence-corrected chi connectivity index (χ1v) is 7.57. The molecule has 5 heteroatoms. The van der Waals surface area contributed by atoms with Crippen molar-refractivity contribution in [3.8, 4) is 11.3 Å². The highest BCUT2D eigenvalue weighted by Gasteiger charge is 2.13. The molecule has 0 fully saturated rings. The maximum atomic E-state index is 6.32. The Kier molecular flexibility index (Phi) is 5.53. The minimum Gasteiger partial charge on any atom is -0.382 e. The van der Waals surface area contributed by atoms with Gasteiger partial charge in [0.25, 0.3) is 0 Å². The Labute approximate surface area is 130 Å². The molecule has 0 atom stereocenters. The second-order valence-electron chi connectivity index (χ2n) is 5.19. The third-order valence-electron chi connectivity index (χ3n) is 3.15. The number of nitrogens with zero attached hydrogens (tertiary/aromatic N) is 2. The number of nitrogens with one attached hydrogen (secondary N) is 1. The molecule has 1 heterocycles. The van der Waals surface area contributed by atoms with Crippen molar-refractivity contribution in [3.63, 3.8) is 0 Å². The molecule has 0 aliphatic rings. The van der Waals surface area contributed by atoms with Crippen LogP contribution in [0, 0.1) is 0 Å². The Morgan fingerprint density at radius 3 is 2.71 bits per heavy atom. The molecule has 21 heavy (non-hydrogen) atoms. The summed E-state index contributed by atoms with van der Waals surface area (Å²) in [6.07, 6.45) is 2.73. The van der Waals surface area contributed by atoms with Gasteiger partial charge in [0.05, 0.1) is 22.6 Å². The molecule has 3 N–H and O–H groups in total. The van der Waals surface area contributed by atoms with Gasteiger partial charge in [-0.15, -0.1) is 0 Å². The third-order valence-corrected chi connectivity index (χ3v) is 3.48. The first-order chi connectivity index (χ1) is 10.1. The molecule has 2 rings (SSSR count). The molecule has 4 nitrogen and oxygen atoms in total. The summed E-state index contributed by atoms with van der Waals surface area (Å²) in [6, 6.07) is 7.72. The Morgan fingerprint density at radius 1 is 1.29 bits per heavy atom. The van der Waals surface area contributed by atoms with Crippen LogP contribution < -0.4 is 11.1 Å². The van der Waals surface area contributed by atoms with Gasteiger partial charge >= 0.3 is 0 Å². The van der Waals surface area contributed by atoms with Crippen molar-refractivity contribution in [3.05, 3.63) is 41.3 Å². The second-order valence-corrected chi connectivity index (χ2v) is 5.60. The molecule has 0 saturated carbocycles. The van der Waals surface area contributed by atoms with Crippen LogP contribution >= 0.6 is 11.6 Å². The van der Waals surface area contributed by atoms with Gasteiger partial charge in [-0.2, -0.15) is 0 Å². The summed E-state index contributed by atoms with van der Waals surface area (Å²) in [5.74, 6) is 1.08. The number of nitrogens with two attached hydrogens (primary N) is 1. The molecule has 0 spiro atoms. The van der Waals surface area contributed by atoms with Gasteiger partial charge in [-0.25, -0.2) is 9.97 Å². The van der Waals surface area contributed by atoms with E-state index in [1.54, 1.807) is 0 Å². The fraction of sp³-hybridized carbons (Fsp3) is 0.375. The highest BCUT2D eigenvalue weighted by Crippen LogP contribution is 2.32. The predicted octanol–water partition coefficient (Wildman–Crippen LogP) is 3.68. The lowest BCUT2D eigenvalue weighted by Gasteiger charge is -2.14. The van der Waals surface area contributed by atoms with Crippen molar-refractivity contribution in [2.24, 2.45) is 5.73 Å². The molecule has 1 aromatic carbocycles. The zero-order chi connectivity index (χ0) is 15.2. The molecule has 0 bridgehead atoms. The standard InChI is InChI=1S/C16H21ClN4/c1-11(2)16-20-10-14(19-9-5-8-18)15(21-16)12-6-3-4-7-13(12)17/h3-4,6-7,10-11,19H,5,8-9,18H2,1-2H3. The largest absolute Gasteiger partial charge is 0.382 e. The Hall–Kier alpha value is -1.65. The molecule has 2 aromatic rings. The van der Waals surface area contributed by atoms with E-state index in [1.807, 2.05) is 30.5 Å². The van der Waals surface area contributed by atoms with Gasteiger partial charge < -0.3 is 11.1 Å². The van der Waals surface area contributed by atoms with Gasteiger partial charge in [-0.05, 0) is 19.0 Å². The van der Waals surface area contributed by atoms with Crippen LogP contribution in [0.15, 0.2) is 30.5 Å². The van der Waals surface area contributed by atoms with E-state index >= 15 is 0 Å². The first-order valence-electron chi connectivity index (χ1n) is 7.19. The normalized spacial score (nSPS) is 10.9. The number of anilines is 1. The second kappa shape index (κ2) is 7.38. The summed E-state index contributed by atoms with van der Waals surface area (Å²) in [5.41, 5.74) is 8.19. The zero-order valence-corrected chi connectivity index (χ0v) is 13.2. The van der Waals surface area contributed by atoms with E-state index < -0.39 is 0 Å². The Bertz CT molecular complexity index is 599. The maximum absolute atomic E-state index is 6.32. The minimum absolute atomic E-state index is 0.268. The summed E-state index contributed by atoms with van der Waals surface area (Å²) >= 11 is 6.32. The van der Waals surface area contributed by atoms with E-state index in [0.29, 0.717) is 11.6 Å². The molecule has 0 aliphatic carbocycles. The van der Waals surface area contributed by atoms with Crippen molar-refractivity contribution in [1.29, 1.82) is 0 Å². The van der Waals surface area contributed by atoms with Crippen LogP contribution in [0.25, 0.3) is 11.3 Å². The van der Waals surface area contributed by atoms with Gasteiger partial charge in [0, 0.05) is 18.0 Å². The van der Waals surface area contributed by atoms with Crippen molar-refractivity contribution in [2.45, 2.75) is 26.2 Å². The van der Waals surface area contributed by atoms with Crippen LogP contribution in [0.2, 0.25) is 5.02 Å². The van der Waals surface area contributed by atoms with Crippen LogP contribution in [-0.2, 0) is 0 Å². The summed E-state index contributed by atoms with van der Waals surface area (Å²) in [6.45, 7) is 5.60. The lowest BCUT2D eigenvalue weighted by molar-refractivity contribution is 0.775. The van der Waals surface area contributed by atoms with Crippen LogP contribution in [-0.4, -0.2) is 23.1 Å². The quantitative estimate of drug-likeness (QED) is 0.799. The first kappa shape index (κ1) is 15.7. The number of rotatable bonds is 6. The predicted molar refractivity (Wildman–Crippen MR) is 88.7 cm³/mol. The molecule has 0 saturated heterocycles. The Balaban J connectivity index is 2.43. The van der Waals surface area contributed by atoms with Gasteiger partial charge in [0.15, 0.2) is 0 Å². The topological polar surface area (TPSA) is 63.8 Å². The SMILES string of the molecule is CC(C)c1ncc(NCCCN)c(-c2ccccc2Cl)n1. The average Bonchev–Trinajstić information content (AvgIpc) is 2.48. The number of hydrogen-bond donors (Lipinski definition) is 2. The highest BCUT2D eigenvalue weighted by molar-refractivity contribution is 6.33. The van der Waals surface area contributed by atoms with E-state index in [9.17, 15) is 0 Å². The molecule has 0 radical (unpaired) electrons. The van der Waals surface area contributed by atoms with E-state index in [1.165, 1.54) is 0 Å². The van der Waals surface area contributed by atoms with E-state index in [4.69, 9.17) is 22.3 Å². The van der Waals surface area contributed by atoms with Crippen LogP contribution in [0.3, 0.4) is 0 Å². The van der Waals surface area contributed by atoms with Crippen molar-refractivity contribution < 1.29 is 0 Å². The lowest BCUT2D eigenvalue weighted by Crippen LogP contribution is -2.11. The number of aromatic nitrogens is 2. The lowest BCUT2D eigenvalue weighted by atomic mass is 10.1. The summed E-state index contributed by atoms with van der Waals surface area (Å²) in [7, 11) is 0. The number of hydrogen-bond acceptors (Lipinski definition) is 4. The summed E-state index contributed by atoms with van der Waals surface area (Å²) in [5, 5.41) is 4.03. The Morgan fingerprint density at radius 2 is 2.05 bits per heavy atom. The average molecular weight is 305 g/mol. The van der Waals surface area contributed by atoms with Crippen LogP contribution in [0.5, 0.6) is 0 Å². The summed E-state index contributed by atoms with van der Waals surface area (Å²) in [4.78, 5) is 9.12. The fourth-order valence-electron chi connectivity index (χ4n) is 1.99. The van der Waals surface area contributed by atoms with E-state index in [2.05, 4.69) is 24.1 Å².